The summed E-state index contributed by atoms with van der Waals surface area (Å²) in [6.45, 7) is 0.517. The molecular formula is C17H19NO4. The van der Waals surface area contributed by atoms with Gasteiger partial charge in [0.2, 0.25) is 0 Å². The number of likely N-dealkylation sites (N-methyl/N-ethyl adjacent to an activating group) is 1. The fourth-order valence-corrected chi connectivity index (χ4v) is 5.68. The SMILES string of the molecule is C[N@+]1([O-])CC[C@]23c4c5ccc(O)c4O[C@H]2C(=O)CC[C@H]3C1C5. The number of Topliss-reactive ketones (excluding diaryl/α,β-unsaturated/α-hetero) is 1. The number of phenols is 1. The summed E-state index contributed by atoms with van der Waals surface area (Å²) in [6.07, 6.45) is 2.15. The second-order valence-electron chi connectivity index (χ2n) is 7.52. The van der Waals surface area contributed by atoms with E-state index in [4.69, 9.17) is 4.74 Å². The Balaban J connectivity index is 1.83. The van der Waals surface area contributed by atoms with E-state index in [1.54, 1.807) is 13.1 Å². The predicted octanol–water partition coefficient (Wildman–Crippen LogP) is 1.64. The van der Waals surface area contributed by atoms with Crippen LogP contribution in [0.3, 0.4) is 0 Å². The van der Waals surface area contributed by atoms with Crippen LogP contribution in [0.2, 0.25) is 0 Å². The van der Waals surface area contributed by atoms with Crippen molar-refractivity contribution < 1.29 is 19.3 Å². The second kappa shape index (κ2) is 3.66. The van der Waals surface area contributed by atoms with E-state index < -0.39 is 6.10 Å². The maximum absolute atomic E-state index is 13.0. The molecule has 5 nitrogen and oxygen atoms in total. The number of aromatic hydroxyl groups is 1. The van der Waals surface area contributed by atoms with Crippen molar-refractivity contribution >= 4 is 5.78 Å². The van der Waals surface area contributed by atoms with Crippen LogP contribution in [0.5, 0.6) is 11.5 Å². The highest BCUT2D eigenvalue weighted by atomic mass is 16.5. The molecule has 2 bridgehead atoms. The van der Waals surface area contributed by atoms with Gasteiger partial charge in [-0.25, -0.2) is 0 Å². The topological polar surface area (TPSA) is 69.6 Å². The molecule has 2 aliphatic heterocycles. The van der Waals surface area contributed by atoms with E-state index in [2.05, 4.69) is 0 Å². The first-order chi connectivity index (χ1) is 10.4. The molecule has 2 fully saturated rings. The minimum absolute atomic E-state index is 0.00376. The lowest BCUT2D eigenvalue weighted by Crippen LogP contribution is -2.70. The van der Waals surface area contributed by atoms with E-state index in [0.717, 1.165) is 24.0 Å². The Bertz CT molecular complexity index is 713. The number of rotatable bonds is 0. The molecular weight excluding hydrogens is 282 g/mol. The molecule has 1 saturated heterocycles. The number of quaternary nitrogens is 1. The van der Waals surface area contributed by atoms with E-state index in [-0.39, 0.29) is 33.6 Å². The van der Waals surface area contributed by atoms with Gasteiger partial charge in [0, 0.05) is 30.7 Å². The van der Waals surface area contributed by atoms with Crippen LogP contribution in [0.1, 0.15) is 30.4 Å². The van der Waals surface area contributed by atoms with Gasteiger partial charge in [0.25, 0.3) is 0 Å². The van der Waals surface area contributed by atoms with Gasteiger partial charge < -0.3 is 19.7 Å². The van der Waals surface area contributed by atoms with E-state index in [1.165, 1.54) is 0 Å². The lowest BCUT2D eigenvalue weighted by molar-refractivity contribution is -0.899. The van der Waals surface area contributed by atoms with Gasteiger partial charge >= 0.3 is 0 Å². The zero-order chi connectivity index (χ0) is 15.3. The molecule has 4 aliphatic rings. The molecule has 1 aromatic rings. The van der Waals surface area contributed by atoms with Gasteiger partial charge in [-0.3, -0.25) is 4.79 Å². The third kappa shape index (κ3) is 1.23. The van der Waals surface area contributed by atoms with E-state index in [9.17, 15) is 15.1 Å². The van der Waals surface area contributed by atoms with Crippen molar-refractivity contribution in [3.05, 3.63) is 28.5 Å². The van der Waals surface area contributed by atoms with Crippen LogP contribution in [-0.2, 0) is 16.6 Å². The summed E-state index contributed by atoms with van der Waals surface area (Å²) >= 11 is 0. The van der Waals surface area contributed by atoms with Crippen molar-refractivity contribution in [3.63, 3.8) is 0 Å². The van der Waals surface area contributed by atoms with Crippen molar-refractivity contribution in [1.29, 1.82) is 0 Å². The quantitative estimate of drug-likeness (QED) is 0.584. The number of ketones is 1. The standard InChI is InChI=1S/C17H19NO4/c1-18(21)7-6-17-10-3-5-13(20)16(17)22-15-12(19)4-2-9(14(15)17)8-11(10)18/h2,4,10-11,16,19H,3,5-8H2,1H3/t10-,11?,16-,17-,18-/m0/s1. The van der Waals surface area contributed by atoms with Crippen LogP contribution in [0.25, 0.3) is 0 Å². The smallest absolute Gasteiger partial charge is 0.174 e. The average molecular weight is 301 g/mol. The minimum atomic E-state index is -0.503. The number of carbonyl (C=O) groups is 1. The molecule has 2 heterocycles. The number of carbonyl (C=O) groups excluding carboxylic acids is 1. The number of phenolic OH excluding ortho intramolecular Hbond substituents is 1. The lowest BCUT2D eigenvalue weighted by Gasteiger charge is -2.62. The molecule has 0 aromatic heterocycles. The number of nitrogens with zero attached hydrogens (tertiary/aromatic N) is 1. The number of ether oxygens (including phenoxy) is 1. The van der Waals surface area contributed by atoms with Crippen LogP contribution in [0, 0.1) is 11.1 Å². The average Bonchev–Trinajstić information content (AvgIpc) is 2.84. The molecule has 1 aromatic carbocycles. The summed E-state index contributed by atoms with van der Waals surface area (Å²) < 4.78 is 5.76. The summed E-state index contributed by atoms with van der Waals surface area (Å²) in [7, 11) is 1.77. The molecule has 0 amide bonds. The molecule has 116 valence electrons. The molecule has 1 saturated carbocycles. The van der Waals surface area contributed by atoms with Crippen LogP contribution in [0.4, 0.5) is 0 Å². The Morgan fingerprint density at radius 1 is 1.45 bits per heavy atom. The highest BCUT2D eigenvalue weighted by molar-refractivity contribution is 5.89. The third-order valence-electron chi connectivity index (χ3n) is 6.61. The highest BCUT2D eigenvalue weighted by Crippen LogP contribution is 2.63. The predicted molar refractivity (Wildman–Crippen MR) is 78.5 cm³/mol. The summed E-state index contributed by atoms with van der Waals surface area (Å²) in [4.78, 5) is 12.5. The number of benzene rings is 1. The van der Waals surface area contributed by atoms with Gasteiger partial charge in [-0.15, -0.1) is 0 Å². The van der Waals surface area contributed by atoms with Gasteiger partial charge in [-0.2, -0.15) is 0 Å². The Morgan fingerprint density at radius 3 is 3.09 bits per heavy atom. The molecule has 1 N–H and O–H groups in total. The number of piperidine rings is 1. The maximum Gasteiger partial charge on any atom is 0.174 e. The van der Waals surface area contributed by atoms with Gasteiger partial charge in [-0.1, -0.05) is 6.07 Å². The van der Waals surface area contributed by atoms with Gasteiger partial charge in [-0.05, 0) is 18.1 Å². The number of hydrogen-bond acceptors (Lipinski definition) is 4. The van der Waals surface area contributed by atoms with E-state index >= 15 is 0 Å². The Morgan fingerprint density at radius 2 is 2.27 bits per heavy atom. The molecule has 5 atom stereocenters. The molecule has 5 heteroatoms. The van der Waals surface area contributed by atoms with Gasteiger partial charge in [0.05, 0.1) is 25.0 Å². The summed E-state index contributed by atoms with van der Waals surface area (Å²) in [6, 6.07) is 3.54. The Hall–Kier alpha value is -1.59. The van der Waals surface area contributed by atoms with Crippen LogP contribution in [-0.4, -0.2) is 41.3 Å². The normalized spacial score (nSPS) is 44.5. The zero-order valence-corrected chi connectivity index (χ0v) is 12.5. The van der Waals surface area contributed by atoms with E-state index in [1.807, 2.05) is 6.07 Å². The van der Waals surface area contributed by atoms with Gasteiger partial charge in [0.15, 0.2) is 23.4 Å². The first-order valence-corrected chi connectivity index (χ1v) is 8.06. The maximum atomic E-state index is 13.0. The van der Waals surface area contributed by atoms with Crippen LogP contribution < -0.4 is 4.74 Å². The summed E-state index contributed by atoms with van der Waals surface area (Å²) in [5.74, 6) is 0.933. The molecule has 1 unspecified atom stereocenters. The molecule has 0 radical (unpaired) electrons. The summed E-state index contributed by atoms with van der Waals surface area (Å²) in [5.41, 5.74) is 1.75. The molecule has 2 aliphatic carbocycles. The second-order valence-corrected chi connectivity index (χ2v) is 7.52. The Kier molecular flexibility index (Phi) is 2.15. The number of likely N-dealkylation sites (tertiary alicyclic amines) is 1. The highest BCUT2D eigenvalue weighted by Gasteiger charge is 2.68. The Labute approximate surface area is 128 Å². The van der Waals surface area contributed by atoms with Crippen molar-refractivity contribution in [1.82, 2.24) is 0 Å². The van der Waals surface area contributed by atoms with Crippen molar-refractivity contribution in [2.24, 2.45) is 5.92 Å². The van der Waals surface area contributed by atoms with Gasteiger partial charge in [0.1, 0.15) is 0 Å². The van der Waals surface area contributed by atoms with E-state index in [0.29, 0.717) is 25.1 Å². The third-order valence-corrected chi connectivity index (χ3v) is 6.61. The zero-order valence-electron chi connectivity index (χ0n) is 12.5. The number of hydroxylamine groups is 3. The fourth-order valence-electron chi connectivity index (χ4n) is 5.68. The molecule has 1 spiro atoms. The fraction of sp³-hybridized carbons (Fsp3) is 0.588. The first-order valence-electron chi connectivity index (χ1n) is 8.06. The van der Waals surface area contributed by atoms with Crippen molar-refractivity contribution in [2.45, 2.75) is 43.2 Å². The van der Waals surface area contributed by atoms with Crippen LogP contribution in [0.15, 0.2) is 12.1 Å². The van der Waals surface area contributed by atoms with Crippen molar-refractivity contribution in [2.75, 3.05) is 13.6 Å². The van der Waals surface area contributed by atoms with Crippen molar-refractivity contribution in [3.8, 4) is 11.5 Å². The number of hydrogen-bond donors (Lipinski definition) is 1. The van der Waals surface area contributed by atoms with Crippen LogP contribution >= 0.6 is 0 Å². The summed E-state index contributed by atoms with van der Waals surface area (Å²) in [5, 5.41) is 23.2. The largest absolute Gasteiger partial charge is 0.633 e. The first kappa shape index (κ1) is 12.9. The monoisotopic (exact) mass is 301 g/mol. The molecule has 22 heavy (non-hydrogen) atoms. The minimum Gasteiger partial charge on any atom is -0.633 e. The lowest BCUT2D eigenvalue weighted by atomic mass is 9.51. The molecule has 5 rings (SSSR count).